The Morgan fingerprint density at radius 2 is 2.15 bits per heavy atom. The molecule has 1 unspecified atom stereocenters. The summed E-state index contributed by atoms with van der Waals surface area (Å²) in [5.74, 6) is -0.474. The van der Waals surface area contributed by atoms with Crippen molar-refractivity contribution in [2.24, 2.45) is 5.73 Å². The molecule has 20 heavy (non-hydrogen) atoms. The van der Waals surface area contributed by atoms with E-state index in [1.54, 1.807) is 24.3 Å². The first kappa shape index (κ1) is 18.6. The van der Waals surface area contributed by atoms with Crippen molar-refractivity contribution in [2.45, 2.75) is 32.4 Å². The van der Waals surface area contributed by atoms with E-state index in [2.05, 4.69) is 6.58 Å². The molecule has 0 saturated carbocycles. The SMILES string of the molecule is C=CCN(Cc1ccccc1F)C(=O)C(N)CCC.Cl. The molecule has 0 aromatic heterocycles. The molecule has 112 valence electrons. The number of carbonyl (C=O) groups excluding carboxylic acids is 1. The van der Waals surface area contributed by atoms with Gasteiger partial charge in [0.1, 0.15) is 5.82 Å². The molecule has 3 nitrogen and oxygen atoms in total. The molecule has 0 bridgehead atoms. The van der Waals surface area contributed by atoms with Crippen LogP contribution < -0.4 is 5.73 Å². The normalized spacial score (nSPS) is 11.3. The van der Waals surface area contributed by atoms with Gasteiger partial charge < -0.3 is 10.6 Å². The van der Waals surface area contributed by atoms with Crippen LogP contribution in [-0.2, 0) is 11.3 Å². The largest absolute Gasteiger partial charge is 0.333 e. The van der Waals surface area contributed by atoms with Gasteiger partial charge in [-0.1, -0.05) is 37.6 Å². The molecule has 5 heteroatoms. The van der Waals surface area contributed by atoms with Crippen molar-refractivity contribution < 1.29 is 9.18 Å². The number of nitrogens with two attached hydrogens (primary N) is 1. The molecular weight excluding hydrogens is 279 g/mol. The fraction of sp³-hybridized carbons (Fsp3) is 0.400. The van der Waals surface area contributed by atoms with Crippen LogP contribution in [0, 0.1) is 5.82 Å². The highest BCUT2D eigenvalue weighted by atomic mass is 35.5. The zero-order valence-corrected chi connectivity index (χ0v) is 12.5. The maximum Gasteiger partial charge on any atom is 0.240 e. The Balaban J connectivity index is 0.00000361. The summed E-state index contributed by atoms with van der Waals surface area (Å²) < 4.78 is 13.6. The minimum absolute atomic E-state index is 0. The second-order valence-corrected chi connectivity index (χ2v) is 4.49. The van der Waals surface area contributed by atoms with Crippen LogP contribution in [0.3, 0.4) is 0 Å². The highest BCUT2D eigenvalue weighted by Gasteiger charge is 2.20. The Bertz CT molecular complexity index is 440. The summed E-state index contributed by atoms with van der Waals surface area (Å²) in [6.45, 7) is 6.18. The summed E-state index contributed by atoms with van der Waals surface area (Å²) in [6, 6.07) is 5.90. The molecule has 0 fully saturated rings. The zero-order chi connectivity index (χ0) is 14.3. The Kier molecular flexibility index (Phi) is 8.84. The highest BCUT2D eigenvalue weighted by Crippen LogP contribution is 2.11. The lowest BCUT2D eigenvalue weighted by Crippen LogP contribution is -2.43. The first-order valence-corrected chi connectivity index (χ1v) is 6.48. The number of hydrogen-bond acceptors (Lipinski definition) is 2. The Morgan fingerprint density at radius 1 is 1.50 bits per heavy atom. The lowest BCUT2D eigenvalue weighted by atomic mass is 10.1. The maximum absolute atomic E-state index is 13.6. The molecule has 1 amide bonds. The molecule has 2 N–H and O–H groups in total. The van der Waals surface area contributed by atoms with Gasteiger partial charge >= 0.3 is 0 Å². The standard InChI is InChI=1S/C15H21FN2O.ClH/c1-3-7-14(17)15(19)18(10-4-2)11-12-8-5-6-9-13(12)16;/h4-6,8-9,14H,2-3,7,10-11,17H2,1H3;1H. The van der Waals surface area contributed by atoms with Gasteiger partial charge in [-0.05, 0) is 12.5 Å². The van der Waals surface area contributed by atoms with Gasteiger partial charge in [-0.2, -0.15) is 0 Å². The van der Waals surface area contributed by atoms with E-state index in [1.165, 1.54) is 11.0 Å². The minimum atomic E-state index is -0.531. The summed E-state index contributed by atoms with van der Waals surface area (Å²) in [5.41, 5.74) is 6.32. The van der Waals surface area contributed by atoms with E-state index in [0.29, 0.717) is 18.5 Å². The third-order valence-corrected chi connectivity index (χ3v) is 2.90. The van der Waals surface area contributed by atoms with Crippen molar-refractivity contribution in [1.82, 2.24) is 4.90 Å². The molecule has 0 saturated heterocycles. The second kappa shape index (κ2) is 9.50. The van der Waals surface area contributed by atoms with Crippen LogP contribution in [0.4, 0.5) is 4.39 Å². The topological polar surface area (TPSA) is 46.3 Å². The number of halogens is 2. The number of amides is 1. The molecule has 1 atom stereocenters. The van der Waals surface area contributed by atoms with E-state index >= 15 is 0 Å². The van der Waals surface area contributed by atoms with Gasteiger partial charge in [-0.25, -0.2) is 4.39 Å². The van der Waals surface area contributed by atoms with Crippen molar-refractivity contribution in [3.63, 3.8) is 0 Å². The second-order valence-electron chi connectivity index (χ2n) is 4.49. The van der Waals surface area contributed by atoms with E-state index in [-0.39, 0.29) is 30.7 Å². The number of nitrogens with zero attached hydrogens (tertiary/aromatic N) is 1. The number of benzene rings is 1. The first-order valence-electron chi connectivity index (χ1n) is 6.48. The van der Waals surface area contributed by atoms with Crippen molar-refractivity contribution in [3.05, 3.63) is 48.3 Å². The summed E-state index contributed by atoms with van der Waals surface area (Å²) in [5, 5.41) is 0. The number of carbonyl (C=O) groups is 1. The molecule has 0 heterocycles. The average Bonchev–Trinajstić information content (AvgIpc) is 2.40. The molecule has 0 aliphatic rings. The Morgan fingerprint density at radius 3 is 2.70 bits per heavy atom. The zero-order valence-electron chi connectivity index (χ0n) is 11.7. The number of rotatable bonds is 7. The van der Waals surface area contributed by atoms with E-state index in [9.17, 15) is 9.18 Å². The monoisotopic (exact) mass is 300 g/mol. The van der Waals surface area contributed by atoms with Crippen LogP contribution in [0.15, 0.2) is 36.9 Å². The van der Waals surface area contributed by atoms with E-state index < -0.39 is 6.04 Å². The molecule has 1 aromatic carbocycles. The van der Waals surface area contributed by atoms with Gasteiger partial charge in [0.25, 0.3) is 0 Å². The van der Waals surface area contributed by atoms with Crippen LogP contribution in [0.25, 0.3) is 0 Å². The fourth-order valence-corrected chi connectivity index (χ4v) is 1.89. The van der Waals surface area contributed by atoms with Crippen LogP contribution in [0.2, 0.25) is 0 Å². The summed E-state index contributed by atoms with van der Waals surface area (Å²) in [4.78, 5) is 13.7. The Hall–Kier alpha value is -1.39. The van der Waals surface area contributed by atoms with Crippen molar-refractivity contribution in [3.8, 4) is 0 Å². The van der Waals surface area contributed by atoms with E-state index in [4.69, 9.17) is 5.73 Å². The summed E-state index contributed by atoms with van der Waals surface area (Å²) >= 11 is 0. The van der Waals surface area contributed by atoms with E-state index in [1.807, 2.05) is 6.92 Å². The number of hydrogen-bond donors (Lipinski definition) is 1. The van der Waals surface area contributed by atoms with Gasteiger partial charge in [0, 0.05) is 18.7 Å². The molecule has 0 spiro atoms. The summed E-state index contributed by atoms with van der Waals surface area (Å²) in [6.07, 6.45) is 3.09. The fourth-order valence-electron chi connectivity index (χ4n) is 1.89. The van der Waals surface area contributed by atoms with Crippen LogP contribution in [0.5, 0.6) is 0 Å². The predicted molar refractivity (Wildman–Crippen MR) is 82.1 cm³/mol. The third-order valence-electron chi connectivity index (χ3n) is 2.90. The predicted octanol–water partition coefficient (Wildman–Crippen LogP) is 2.89. The van der Waals surface area contributed by atoms with Gasteiger partial charge in [0.15, 0.2) is 0 Å². The van der Waals surface area contributed by atoms with Crippen LogP contribution >= 0.6 is 12.4 Å². The van der Waals surface area contributed by atoms with Gasteiger partial charge in [-0.3, -0.25) is 4.79 Å². The first-order chi connectivity index (χ1) is 9.10. The lowest BCUT2D eigenvalue weighted by Gasteiger charge is -2.24. The molecule has 0 aliphatic heterocycles. The molecule has 0 radical (unpaired) electrons. The molecule has 1 rings (SSSR count). The third kappa shape index (κ3) is 5.31. The molecule has 0 aliphatic carbocycles. The van der Waals surface area contributed by atoms with Gasteiger partial charge in [0.05, 0.1) is 6.04 Å². The van der Waals surface area contributed by atoms with Gasteiger partial charge in [0.2, 0.25) is 5.91 Å². The van der Waals surface area contributed by atoms with Crippen molar-refractivity contribution in [2.75, 3.05) is 6.54 Å². The summed E-state index contributed by atoms with van der Waals surface area (Å²) in [7, 11) is 0. The van der Waals surface area contributed by atoms with Crippen LogP contribution in [0.1, 0.15) is 25.3 Å². The quantitative estimate of drug-likeness (QED) is 0.787. The lowest BCUT2D eigenvalue weighted by molar-refractivity contribution is -0.132. The minimum Gasteiger partial charge on any atom is -0.333 e. The van der Waals surface area contributed by atoms with E-state index in [0.717, 1.165) is 6.42 Å². The smallest absolute Gasteiger partial charge is 0.240 e. The molecular formula is C15H22ClFN2O. The average molecular weight is 301 g/mol. The van der Waals surface area contributed by atoms with Crippen molar-refractivity contribution >= 4 is 18.3 Å². The molecule has 1 aromatic rings. The Labute approximate surface area is 126 Å². The maximum atomic E-state index is 13.6. The van der Waals surface area contributed by atoms with Gasteiger partial charge in [-0.15, -0.1) is 19.0 Å². The highest BCUT2D eigenvalue weighted by molar-refractivity contribution is 5.85. The van der Waals surface area contributed by atoms with Crippen molar-refractivity contribution in [1.29, 1.82) is 0 Å². The van der Waals surface area contributed by atoms with Crippen LogP contribution in [-0.4, -0.2) is 23.4 Å².